The quantitative estimate of drug-likeness (QED) is 0.550. The number of rotatable bonds is 4. The lowest BCUT2D eigenvalue weighted by atomic mass is 10.0. The molecule has 11 heteroatoms. The molecule has 2 atom stereocenters. The number of hydrogen-bond donors (Lipinski definition) is 3. The highest BCUT2D eigenvalue weighted by Gasteiger charge is 2.37. The van der Waals surface area contributed by atoms with Gasteiger partial charge in [0.25, 0.3) is 5.91 Å². The number of anilines is 1. The Bertz CT molecular complexity index is 1280. The maximum Gasteiger partial charge on any atom is 0.276 e. The van der Waals surface area contributed by atoms with E-state index >= 15 is 0 Å². The Balaban J connectivity index is 1.64. The van der Waals surface area contributed by atoms with E-state index in [1.54, 1.807) is 30.3 Å². The van der Waals surface area contributed by atoms with Gasteiger partial charge in [-0.3, -0.25) is 4.79 Å². The number of aryl methyl sites for hydroxylation is 1. The first-order valence-electron chi connectivity index (χ1n) is 9.51. The van der Waals surface area contributed by atoms with Crippen LogP contribution in [0.2, 0.25) is 0 Å². The molecule has 0 saturated heterocycles. The van der Waals surface area contributed by atoms with Gasteiger partial charge >= 0.3 is 0 Å². The zero-order valence-electron chi connectivity index (χ0n) is 16.7. The van der Waals surface area contributed by atoms with Crippen molar-refractivity contribution in [3.63, 3.8) is 0 Å². The summed E-state index contributed by atoms with van der Waals surface area (Å²) in [5.41, 5.74) is 0.341. The van der Waals surface area contributed by atoms with Gasteiger partial charge in [0, 0.05) is 25.0 Å². The molecule has 0 fully saturated rings. The van der Waals surface area contributed by atoms with Gasteiger partial charge in [-0.2, -0.15) is 0 Å². The van der Waals surface area contributed by atoms with E-state index < -0.39 is 39.7 Å². The number of amides is 1. The first kappa shape index (κ1) is 21.9. The molecule has 4 rings (SSSR count). The fraction of sp³-hybridized carbons (Fsp3) is 0.190. The van der Waals surface area contributed by atoms with E-state index in [1.165, 1.54) is 23.9 Å². The Morgan fingerprint density at radius 2 is 1.94 bits per heavy atom. The zero-order chi connectivity index (χ0) is 23.0. The molecule has 168 valence electrons. The molecule has 2 aromatic carbocycles. The third-order valence-corrected chi connectivity index (χ3v) is 6.50. The molecule has 3 aromatic rings. The van der Waals surface area contributed by atoms with Crippen molar-refractivity contribution in [1.82, 2.24) is 9.29 Å². The van der Waals surface area contributed by atoms with Gasteiger partial charge in [0.15, 0.2) is 23.1 Å². The van der Waals surface area contributed by atoms with Gasteiger partial charge in [0.2, 0.25) is 10.0 Å². The van der Waals surface area contributed by atoms with Gasteiger partial charge in [-0.1, -0.05) is 30.3 Å². The van der Waals surface area contributed by atoms with Crippen molar-refractivity contribution >= 4 is 21.6 Å². The maximum atomic E-state index is 13.5. The van der Waals surface area contributed by atoms with E-state index in [2.05, 4.69) is 10.0 Å². The van der Waals surface area contributed by atoms with Crippen molar-refractivity contribution in [2.24, 2.45) is 7.05 Å². The fourth-order valence-corrected chi connectivity index (χ4v) is 4.86. The second-order valence-corrected chi connectivity index (χ2v) is 8.94. The molecule has 1 aliphatic heterocycles. The first-order chi connectivity index (χ1) is 15.2. The summed E-state index contributed by atoms with van der Waals surface area (Å²) in [6.07, 6.45) is 0.0120. The molecule has 1 amide bonds. The largest absolute Gasteiger partial charge is 0.488 e. The van der Waals surface area contributed by atoms with Gasteiger partial charge in [0.1, 0.15) is 11.5 Å². The summed E-state index contributed by atoms with van der Waals surface area (Å²) in [7, 11) is -2.70. The van der Waals surface area contributed by atoms with Gasteiger partial charge in [-0.15, -0.1) is 0 Å². The number of aliphatic hydroxyl groups excluding tert-OH is 1. The molecule has 3 N–H and O–H groups in total. The summed E-state index contributed by atoms with van der Waals surface area (Å²) in [6, 6.07) is 10.3. The van der Waals surface area contributed by atoms with Crippen LogP contribution in [0.4, 0.5) is 14.5 Å². The van der Waals surface area contributed by atoms with Gasteiger partial charge in [-0.05, 0) is 17.7 Å². The summed E-state index contributed by atoms with van der Waals surface area (Å²) in [5.74, 6) is -3.20. The smallest absolute Gasteiger partial charge is 0.276 e. The van der Waals surface area contributed by atoms with Crippen LogP contribution in [-0.4, -0.2) is 36.6 Å². The van der Waals surface area contributed by atoms with Crippen LogP contribution in [0.1, 0.15) is 22.2 Å². The molecule has 0 bridgehead atoms. The minimum atomic E-state index is -4.15. The third kappa shape index (κ3) is 4.09. The van der Waals surface area contributed by atoms with E-state index in [0.29, 0.717) is 5.56 Å². The lowest BCUT2D eigenvalue weighted by Crippen LogP contribution is -2.41. The molecular weight excluding hydrogens is 444 g/mol. The second-order valence-electron chi connectivity index (χ2n) is 7.26. The van der Waals surface area contributed by atoms with Crippen LogP contribution in [0.15, 0.2) is 59.6 Å². The molecule has 0 aliphatic carbocycles. The Morgan fingerprint density at radius 1 is 1.22 bits per heavy atom. The van der Waals surface area contributed by atoms with E-state index in [-0.39, 0.29) is 28.6 Å². The van der Waals surface area contributed by atoms with E-state index in [9.17, 15) is 27.1 Å². The average Bonchev–Trinajstić information content (AvgIpc) is 3.04. The predicted molar refractivity (Wildman–Crippen MR) is 111 cm³/mol. The first-order valence-corrected chi connectivity index (χ1v) is 11.0. The minimum Gasteiger partial charge on any atom is -0.488 e. The van der Waals surface area contributed by atoms with Crippen molar-refractivity contribution in [1.29, 1.82) is 0 Å². The molecule has 8 nitrogen and oxygen atoms in total. The summed E-state index contributed by atoms with van der Waals surface area (Å²) >= 11 is 0. The van der Waals surface area contributed by atoms with Crippen molar-refractivity contribution < 1.29 is 31.8 Å². The second kappa shape index (κ2) is 8.34. The molecule has 0 spiro atoms. The van der Waals surface area contributed by atoms with E-state index in [1.807, 2.05) is 0 Å². The average molecular weight is 463 g/mol. The van der Waals surface area contributed by atoms with Crippen LogP contribution in [0, 0.1) is 11.6 Å². The predicted octanol–water partition coefficient (Wildman–Crippen LogP) is 2.33. The Hall–Kier alpha value is -3.28. The fourth-order valence-electron chi connectivity index (χ4n) is 3.44. The topological polar surface area (TPSA) is 110 Å². The summed E-state index contributed by atoms with van der Waals surface area (Å²) in [5, 5.41) is 13.0. The molecular formula is C21H19F2N3O5S. The van der Waals surface area contributed by atoms with Crippen LogP contribution in [0.5, 0.6) is 5.75 Å². The Labute approximate surface area is 182 Å². The normalized spacial score (nSPS) is 18.2. The lowest BCUT2D eigenvalue weighted by molar-refractivity contribution is 0.0996. The molecule has 1 unspecified atom stereocenters. The minimum absolute atomic E-state index is 0.0177. The van der Waals surface area contributed by atoms with Crippen molar-refractivity contribution in [3.05, 3.63) is 77.6 Å². The molecule has 32 heavy (non-hydrogen) atoms. The summed E-state index contributed by atoms with van der Waals surface area (Å²) in [4.78, 5) is 12.6. The number of carbonyl (C=O) groups excluding carboxylic acids is 1. The van der Waals surface area contributed by atoms with E-state index in [4.69, 9.17) is 4.74 Å². The highest BCUT2D eigenvalue weighted by atomic mass is 32.2. The van der Waals surface area contributed by atoms with Crippen LogP contribution < -0.4 is 14.8 Å². The number of carbonyl (C=O) groups is 1. The third-order valence-electron chi connectivity index (χ3n) is 5.02. The number of sulfonamides is 1. The molecule has 2 heterocycles. The number of ether oxygens (including phenoxy) is 1. The summed E-state index contributed by atoms with van der Waals surface area (Å²) in [6.45, 7) is -0.252. The highest BCUT2D eigenvalue weighted by Crippen LogP contribution is 2.34. The van der Waals surface area contributed by atoms with Crippen molar-refractivity contribution in [2.75, 3.05) is 11.9 Å². The van der Waals surface area contributed by atoms with Gasteiger partial charge < -0.3 is 19.7 Å². The molecule has 1 aromatic heterocycles. The highest BCUT2D eigenvalue weighted by molar-refractivity contribution is 7.89. The Kier molecular flexibility index (Phi) is 5.71. The van der Waals surface area contributed by atoms with Crippen LogP contribution in [0.3, 0.4) is 0 Å². The number of aromatic nitrogens is 1. The maximum absolute atomic E-state index is 13.5. The Morgan fingerprint density at radius 3 is 2.62 bits per heavy atom. The van der Waals surface area contributed by atoms with Gasteiger partial charge in [0.05, 0.1) is 12.1 Å². The van der Waals surface area contributed by atoms with E-state index in [0.717, 1.165) is 12.1 Å². The zero-order valence-corrected chi connectivity index (χ0v) is 17.6. The van der Waals surface area contributed by atoms with Crippen LogP contribution in [-0.2, 0) is 17.1 Å². The van der Waals surface area contributed by atoms with Crippen molar-refractivity contribution in [2.45, 2.75) is 17.0 Å². The molecule has 0 radical (unpaired) electrons. The number of aliphatic hydroxyl groups is 1. The van der Waals surface area contributed by atoms with Crippen LogP contribution in [0.25, 0.3) is 0 Å². The number of fused-ring (bicyclic) bond motifs is 1. The molecule has 1 aliphatic rings. The van der Waals surface area contributed by atoms with Crippen molar-refractivity contribution in [3.8, 4) is 5.75 Å². The lowest BCUT2D eigenvalue weighted by Gasteiger charge is -2.21. The number of nitrogens with one attached hydrogen (secondary N) is 2. The number of nitrogens with zero attached hydrogens (tertiary/aromatic N) is 1. The monoisotopic (exact) mass is 463 g/mol. The molecule has 0 saturated carbocycles. The number of benzene rings is 2. The van der Waals surface area contributed by atoms with Gasteiger partial charge in [-0.25, -0.2) is 21.9 Å². The SMILES string of the molecule is Cn1cc2c(c1C(=O)Nc1ccc(F)c(F)c1)OCC([C@H](O)c1ccccc1)NS2(=O)=O. The number of hydrogen-bond acceptors (Lipinski definition) is 5. The van der Waals surface area contributed by atoms with Crippen LogP contribution >= 0.6 is 0 Å². The standard InChI is InChI=1S/C21H19F2N3O5S/c1-26-10-17-20(18(26)21(28)24-13-7-8-14(22)15(23)9-13)31-11-16(25-32(17,29)30)19(27)12-5-3-2-4-6-12/h2-10,16,19,25,27H,11H2,1H3,(H,24,28)/t16?,19-/m1/s1. The summed E-state index contributed by atoms with van der Waals surface area (Å²) < 4.78 is 61.8. The number of halogens is 2.